The fourth-order valence-electron chi connectivity index (χ4n) is 3.88. The Hall–Kier alpha value is -3.51. The minimum Gasteiger partial charge on any atom is -0.480 e. The maximum atomic E-state index is 13.2. The Labute approximate surface area is 229 Å². The zero-order valence-corrected chi connectivity index (χ0v) is 23.2. The summed E-state index contributed by atoms with van der Waals surface area (Å²) in [5, 5.41) is 30.7. The molecular weight excluding hydrogens is 508 g/mol. The van der Waals surface area contributed by atoms with Gasteiger partial charge in [0.25, 0.3) is 5.91 Å². The first kappa shape index (κ1) is 33.5. The van der Waals surface area contributed by atoms with Crippen molar-refractivity contribution in [1.82, 2.24) is 20.0 Å². The Balaban J connectivity index is 2.98. The number of carbonyl (C=O) groups excluding carboxylic acids is 4. The third-order valence-electron chi connectivity index (χ3n) is 5.67. The molecule has 0 fully saturated rings. The summed E-state index contributed by atoms with van der Waals surface area (Å²) >= 11 is 0. The van der Waals surface area contributed by atoms with Crippen LogP contribution in [-0.4, -0.2) is 118 Å². The maximum absolute atomic E-state index is 13.2. The molecule has 1 rings (SSSR count). The Kier molecular flexibility index (Phi) is 14.7. The molecule has 0 aliphatic heterocycles. The van der Waals surface area contributed by atoms with E-state index in [1.165, 1.54) is 4.90 Å². The lowest BCUT2D eigenvalue weighted by Gasteiger charge is -2.30. The second-order valence-corrected chi connectivity index (χ2v) is 10.1. The van der Waals surface area contributed by atoms with E-state index in [0.717, 1.165) is 9.80 Å². The van der Waals surface area contributed by atoms with Crippen LogP contribution in [0.4, 0.5) is 0 Å². The number of amides is 4. The van der Waals surface area contributed by atoms with Crippen molar-refractivity contribution < 1.29 is 39.3 Å². The van der Waals surface area contributed by atoms with Crippen molar-refractivity contribution in [3.8, 4) is 0 Å². The number of carbonyl (C=O) groups is 5. The van der Waals surface area contributed by atoms with Gasteiger partial charge >= 0.3 is 5.97 Å². The SMILES string of the molecule is CC(C)C[C@H](NC(=O)CN(CCO)C(=O)CN(CCO)C(=O)CN(CC(C)C)C(=O)c1ccccc1)C(=O)O. The molecular formula is C27H42N4O8. The molecule has 0 saturated carbocycles. The molecule has 1 atom stereocenters. The van der Waals surface area contributed by atoms with Gasteiger partial charge < -0.3 is 35.3 Å². The lowest BCUT2D eigenvalue weighted by Crippen LogP contribution is -2.52. The third kappa shape index (κ3) is 12.3. The van der Waals surface area contributed by atoms with Gasteiger partial charge in [-0.05, 0) is 30.4 Å². The highest BCUT2D eigenvalue weighted by Gasteiger charge is 2.27. The molecule has 0 heterocycles. The molecule has 0 bridgehead atoms. The quantitative estimate of drug-likeness (QED) is 0.211. The average molecular weight is 551 g/mol. The average Bonchev–Trinajstić information content (AvgIpc) is 2.86. The molecule has 39 heavy (non-hydrogen) atoms. The van der Waals surface area contributed by atoms with Crippen LogP contribution in [-0.2, 0) is 19.2 Å². The first-order valence-corrected chi connectivity index (χ1v) is 13.0. The molecule has 4 N–H and O–H groups in total. The number of nitrogens with zero attached hydrogens (tertiary/aromatic N) is 3. The van der Waals surface area contributed by atoms with Gasteiger partial charge in [0.2, 0.25) is 17.7 Å². The Bertz CT molecular complexity index is 954. The van der Waals surface area contributed by atoms with Gasteiger partial charge in [0.05, 0.1) is 26.3 Å². The molecule has 12 nitrogen and oxygen atoms in total. The van der Waals surface area contributed by atoms with Gasteiger partial charge in [-0.3, -0.25) is 19.2 Å². The van der Waals surface area contributed by atoms with Crippen molar-refractivity contribution >= 4 is 29.6 Å². The number of hydrogen-bond donors (Lipinski definition) is 4. The zero-order chi connectivity index (χ0) is 29.5. The molecule has 0 aromatic heterocycles. The van der Waals surface area contributed by atoms with E-state index in [-0.39, 0.29) is 50.3 Å². The number of rotatable bonds is 17. The van der Waals surface area contributed by atoms with Gasteiger partial charge in [0.15, 0.2) is 0 Å². The lowest BCUT2D eigenvalue weighted by molar-refractivity contribution is -0.145. The van der Waals surface area contributed by atoms with E-state index >= 15 is 0 Å². The fourth-order valence-corrected chi connectivity index (χ4v) is 3.88. The first-order chi connectivity index (χ1) is 18.4. The summed E-state index contributed by atoms with van der Waals surface area (Å²) in [5.41, 5.74) is 0.410. The van der Waals surface area contributed by atoms with Gasteiger partial charge in [-0.25, -0.2) is 4.79 Å². The van der Waals surface area contributed by atoms with Crippen LogP contribution in [0.1, 0.15) is 44.5 Å². The number of benzene rings is 1. The molecule has 0 aliphatic carbocycles. The van der Waals surface area contributed by atoms with Crippen LogP contribution < -0.4 is 5.32 Å². The summed E-state index contributed by atoms with van der Waals surface area (Å²) in [5.74, 6) is -3.46. The van der Waals surface area contributed by atoms with Crippen LogP contribution in [0.15, 0.2) is 30.3 Å². The predicted octanol–water partition coefficient (Wildman–Crippen LogP) is 0.0421. The lowest BCUT2D eigenvalue weighted by atomic mass is 10.0. The molecule has 0 saturated heterocycles. The first-order valence-electron chi connectivity index (χ1n) is 13.0. The summed E-state index contributed by atoms with van der Waals surface area (Å²) in [6, 6.07) is 7.35. The van der Waals surface area contributed by atoms with Crippen LogP contribution in [0.5, 0.6) is 0 Å². The van der Waals surface area contributed by atoms with E-state index in [4.69, 9.17) is 0 Å². The largest absolute Gasteiger partial charge is 0.480 e. The number of hydrogen-bond acceptors (Lipinski definition) is 7. The van der Waals surface area contributed by atoms with E-state index in [9.17, 15) is 39.3 Å². The third-order valence-corrected chi connectivity index (χ3v) is 5.67. The van der Waals surface area contributed by atoms with Crippen LogP contribution in [0, 0.1) is 11.8 Å². The number of aliphatic hydroxyl groups is 2. The van der Waals surface area contributed by atoms with E-state index in [2.05, 4.69) is 5.32 Å². The zero-order valence-electron chi connectivity index (χ0n) is 23.2. The van der Waals surface area contributed by atoms with Crippen LogP contribution in [0.25, 0.3) is 0 Å². The van der Waals surface area contributed by atoms with Crippen LogP contribution >= 0.6 is 0 Å². The van der Waals surface area contributed by atoms with Crippen molar-refractivity contribution in [3.05, 3.63) is 35.9 Å². The van der Waals surface area contributed by atoms with Gasteiger partial charge in [-0.1, -0.05) is 45.9 Å². The highest BCUT2D eigenvalue weighted by atomic mass is 16.4. The van der Waals surface area contributed by atoms with E-state index in [1.54, 1.807) is 30.3 Å². The molecule has 12 heteroatoms. The Morgan fingerprint density at radius 3 is 1.74 bits per heavy atom. The van der Waals surface area contributed by atoms with Crippen molar-refractivity contribution in [3.63, 3.8) is 0 Å². The normalized spacial score (nSPS) is 11.7. The minimum atomic E-state index is -1.20. The van der Waals surface area contributed by atoms with Crippen LogP contribution in [0.2, 0.25) is 0 Å². The molecule has 4 amide bonds. The van der Waals surface area contributed by atoms with Crippen molar-refractivity contribution in [1.29, 1.82) is 0 Å². The monoisotopic (exact) mass is 550 g/mol. The molecule has 0 spiro atoms. The molecule has 1 aromatic carbocycles. The Morgan fingerprint density at radius 2 is 1.28 bits per heavy atom. The second kappa shape index (κ2) is 17.2. The van der Waals surface area contributed by atoms with E-state index in [0.29, 0.717) is 5.56 Å². The van der Waals surface area contributed by atoms with Crippen molar-refractivity contribution in [2.75, 3.05) is 52.5 Å². The van der Waals surface area contributed by atoms with E-state index in [1.807, 2.05) is 27.7 Å². The smallest absolute Gasteiger partial charge is 0.326 e. The van der Waals surface area contributed by atoms with Gasteiger partial charge in [-0.15, -0.1) is 0 Å². The predicted molar refractivity (Wildman–Crippen MR) is 144 cm³/mol. The maximum Gasteiger partial charge on any atom is 0.326 e. The number of carboxylic acids is 1. The van der Waals surface area contributed by atoms with Crippen LogP contribution in [0.3, 0.4) is 0 Å². The van der Waals surface area contributed by atoms with Gasteiger partial charge in [-0.2, -0.15) is 0 Å². The highest BCUT2D eigenvalue weighted by Crippen LogP contribution is 2.09. The summed E-state index contributed by atoms with van der Waals surface area (Å²) < 4.78 is 0. The molecule has 0 radical (unpaired) electrons. The second-order valence-electron chi connectivity index (χ2n) is 10.1. The van der Waals surface area contributed by atoms with Crippen molar-refractivity contribution in [2.24, 2.45) is 11.8 Å². The van der Waals surface area contributed by atoms with E-state index < -0.39 is 56.0 Å². The topological polar surface area (TPSA) is 168 Å². The number of aliphatic carboxylic acids is 1. The highest BCUT2D eigenvalue weighted by molar-refractivity contribution is 5.97. The van der Waals surface area contributed by atoms with Crippen molar-refractivity contribution in [2.45, 2.75) is 40.2 Å². The molecule has 0 unspecified atom stereocenters. The molecule has 218 valence electrons. The summed E-state index contributed by atoms with van der Waals surface area (Å²) in [6.45, 7) is 5.06. The minimum absolute atomic E-state index is 0.00339. The number of nitrogens with one attached hydrogen (secondary N) is 1. The summed E-state index contributed by atoms with van der Waals surface area (Å²) in [7, 11) is 0. The number of aliphatic hydroxyl groups excluding tert-OH is 2. The number of carboxylic acid groups (broad SMARTS) is 1. The summed E-state index contributed by atoms with van der Waals surface area (Å²) in [6.07, 6.45) is 0.197. The fraction of sp³-hybridized carbons (Fsp3) is 0.593. The van der Waals surface area contributed by atoms with Gasteiger partial charge in [0.1, 0.15) is 12.6 Å². The standard InChI is InChI=1S/C27H42N4O8/c1-19(2)14-22(27(38)39)28-23(34)16-29(10-12-32)24(35)17-30(11-13-33)25(36)18-31(15-20(3)4)26(37)21-8-6-5-7-9-21/h5-9,19-20,22,32-33H,10-18H2,1-4H3,(H,28,34)(H,38,39)/t22-/m0/s1. The van der Waals surface area contributed by atoms with Gasteiger partial charge in [0, 0.05) is 25.2 Å². The Morgan fingerprint density at radius 1 is 0.769 bits per heavy atom. The molecule has 1 aromatic rings. The molecule has 0 aliphatic rings. The summed E-state index contributed by atoms with van der Waals surface area (Å²) in [4.78, 5) is 66.8.